The molecule has 162 valence electrons. The number of halogens is 2. The second-order valence-electron chi connectivity index (χ2n) is 8.19. The predicted molar refractivity (Wildman–Crippen MR) is 118 cm³/mol. The molecule has 1 aromatic rings. The Kier molecular flexibility index (Phi) is 7.66. The topological polar surface area (TPSA) is 57.7 Å². The minimum absolute atomic E-state index is 0.00644. The fraction of sp³-hybridized carbons (Fsp3) is 0.667. The minimum atomic E-state index is -3.14. The van der Waals surface area contributed by atoms with Crippen LogP contribution in [-0.2, 0) is 10.0 Å². The van der Waals surface area contributed by atoms with Gasteiger partial charge in [-0.25, -0.2) is 8.42 Å². The van der Waals surface area contributed by atoms with Crippen LogP contribution in [0.3, 0.4) is 0 Å². The molecule has 0 aromatic heterocycles. The summed E-state index contributed by atoms with van der Waals surface area (Å²) in [4.78, 5) is 15.2. The SMILES string of the molecule is CCCS(=O)(=O)N1CCN(C2(CCC(=O)c3ccc(Cl)c(Cl)c3)CCCC2)CC1. The number of sulfonamides is 1. The standard InChI is InChI=1S/C21H30Cl2N2O3S/c1-2-15-29(27,28)25-13-11-24(12-14-25)21(8-3-4-9-21)10-7-20(26)17-5-6-18(22)19(23)16-17/h5-6,16H,2-4,7-15H2,1H3. The van der Waals surface area contributed by atoms with Crippen LogP contribution in [-0.4, -0.2) is 60.9 Å². The highest BCUT2D eigenvalue weighted by molar-refractivity contribution is 7.89. The van der Waals surface area contributed by atoms with Crippen LogP contribution in [0.2, 0.25) is 10.0 Å². The first-order valence-electron chi connectivity index (χ1n) is 10.5. The first-order valence-corrected chi connectivity index (χ1v) is 12.8. The summed E-state index contributed by atoms with van der Waals surface area (Å²) >= 11 is 12.0. The van der Waals surface area contributed by atoms with Crippen LogP contribution in [0.5, 0.6) is 0 Å². The van der Waals surface area contributed by atoms with Gasteiger partial charge in [-0.15, -0.1) is 0 Å². The van der Waals surface area contributed by atoms with Gasteiger partial charge in [0.25, 0.3) is 0 Å². The Morgan fingerprint density at radius 2 is 1.72 bits per heavy atom. The average molecular weight is 461 g/mol. The summed E-state index contributed by atoms with van der Waals surface area (Å²) in [6, 6.07) is 5.04. The molecule has 0 radical (unpaired) electrons. The number of Topliss-reactive ketones (excluding diaryl/α,β-unsaturated/α-hetero) is 1. The third-order valence-corrected chi connectivity index (χ3v) is 9.17. The molecule has 1 saturated carbocycles. The van der Waals surface area contributed by atoms with Crippen molar-refractivity contribution in [3.8, 4) is 0 Å². The summed E-state index contributed by atoms with van der Waals surface area (Å²) in [6.07, 6.45) is 6.38. The van der Waals surface area contributed by atoms with Crippen LogP contribution in [0.1, 0.15) is 62.2 Å². The quantitative estimate of drug-likeness (QED) is 0.530. The number of benzene rings is 1. The van der Waals surface area contributed by atoms with Crippen LogP contribution in [0, 0.1) is 0 Å². The van der Waals surface area contributed by atoms with Crippen molar-refractivity contribution in [1.82, 2.24) is 9.21 Å². The molecule has 1 heterocycles. The lowest BCUT2D eigenvalue weighted by atomic mass is 9.87. The van der Waals surface area contributed by atoms with Gasteiger partial charge < -0.3 is 0 Å². The maximum Gasteiger partial charge on any atom is 0.214 e. The molecule has 0 unspecified atom stereocenters. The van der Waals surface area contributed by atoms with Crippen molar-refractivity contribution < 1.29 is 13.2 Å². The Morgan fingerprint density at radius 3 is 2.31 bits per heavy atom. The predicted octanol–water partition coefficient (Wildman–Crippen LogP) is 4.63. The smallest absolute Gasteiger partial charge is 0.214 e. The molecule has 3 rings (SSSR count). The van der Waals surface area contributed by atoms with Crippen LogP contribution in [0.25, 0.3) is 0 Å². The van der Waals surface area contributed by atoms with Gasteiger partial charge in [0.1, 0.15) is 0 Å². The van der Waals surface area contributed by atoms with Gasteiger partial charge in [-0.3, -0.25) is 9.69 Å². The fourth-order valence-electron chi connectivity index (χ4n) is 4.75. The van der Waals surface area contributed by atoms with Gasteiger partial charge in [-0.2, -0.15) is 4.31 Å². The van der Waals surface area contributed by atoms with Crippen LogP contribution < -0.4 is 0 Å². The molecule has 29 heavy (non-hydrogen) atoms. The third kappa shape index (κ3) is 5.34. The summed E-state index contributed by atoms with van der Waals surface area (Å²) in [5.74, 6) is 0.301. The monoisotopic (exact) mass is 460 g/mol. The molecule has 1 aromatic carbocycles. The van der Waals surface area contributed by atoms with Crippen molar-refractivity contribution in [3.63, 3.8) is 0 Å². The Labute approximate surface area is 184 Å². The highest BCUT2D eigenvalue weighted by Gasteiger charge is 2.41. The van der Waals surface area contributed by atoms with Gasteiger partial charge >= 0.3 is 0 Å². The number of hydrogen-bond donors (Lipinski definition) is 0. The number of piperazine rings is 1. The summed E-state index contributed by atoms with van der Waals surface area (Å²) in [7, 11) is -3.14. The van der Waals surface area contributed by atoms with Crippen molar-refractivity contribution in [1.29, 1.82) is 0 Å². The molecule has 0 bridgehead atoms. The van der Waals surface area contributed by atoms with Gasteiger partial charge in [0.15, 0.2) is 5.78 Å². The fourth-order valence-corrected chi connectivity index (χ4v) is 6.54. The highest BCUT2D eigenvalue weighted by atomic mass is 35.5. The molecule has 0 amide bonds. The normalized spacial score (nSPS) is 20.8. The average Bonchev–Trinajstić information content (AvgIpc) is 3.18. The van der Waals surface area contributed by atoms with E-state index in [-0.39, 0.29) is 17.1 Å². The van der Waals surface area contributed by atoms with E-state index in [9.17, 15) is 13.2 Å². The van der Waals surface area contributed by atoms with E-state index >= 15 is 0 Å². The zero-order valence-corrected chi connectivity index (χ0v) is 19.3. The third-order valence-electron chi connectivity index (χ3n) is 6.36. The van der Waals surface area contributed by atoms with E-state index in [0.717, 1.165) is 45.2 Å². The second-order valence-corrected chi connectivity index (χ2v) is 11.1. The van der Waals surface area contributed by atoms with Crippen molar-refractivity contribution >= 4 is 39.0 Å². The molecule has 0 spiro atoms. The van der Waals surface area contributed by atoms with Crippen molar-refractivity contribution in [2.24, 2.45) is 0 Å². The Morgan fingerprint density at radius 1 is 1.07 bits per heavy atom. The van der Waals surface area contributed by atoms with E-state index in [0.29, 0.717) is 41.5 Å². The second kappa shape index (κ2) is 9.65. The summed E-state index contributed by atoms with van der Waals surface area (Å²) in [5.41, 5.74) is 0.606. The van der Waals surface area contributed by atoms with E-state index < -0.39 is 10.0 Å². The lowest BCUT2D eigenvalue weighted by Gasteiger charge is -2.46. The van der Waals surface area contributed by atoms with Gasteiger partial charge in [-0.1, -0.05) is 43.0 Å². The van der Waals surface area contributed by atoms with Crippen molar-refractivity contribution in [2.75, 3.05) is 31.9 Å². The summed E-state index contributed by atoms with van der Waals surface area (Å²) in [5, 5.41) is 0.851. The molecule has 8 heteroatoms. The maximum atomic E-state index is 12.7. The number of carbonyl (C=O) groups excluding carboxylic acids is 1. The van der Waals surface area contributed by atoms with Gasteiger partial charge in [-0.05, 0) is 43.9 Å². The molecular weight excluding hydrogens is 431 g/mol. The highest BCUT2D eigenvalue weighted by Crippen LogP contribution is 2.40. The van der Waals surface area contributed by atoms with E-state index in [1.807, 2.05) is 6.92 Å². The molecule has 0 N–H and O–H groups in total. The number of hydrogen-bond acceptors (Lipinski definition) is 4. The number of nitrogens with zero attached hydrogens (tertiary/aromatic N) is 2. The number of rotatable bonds is 8. The zero-order chi connectivity index (χ0) is 21.1. The number of ketones is 1. The maximum absolute atomic E-state index is 12.7. The van der Waals surface area contributed by atoms with E-state index in [4.69, 9.17) is 23.2 Å². The first-order chi connectivity index (χ1) is 13.8. The van der Waals surface area contributed by atoms with Crippen molar-refractivity contribution in [3.05, 3.63) is 33.8 Å². The molecule has 2 aliphatic rings. The summed E-state index contributed by atoms with van der Waals surface area (Å²) in [6.45, 7) is 4.47. The van der Waals surface area contributed by atoms with E-state index in [2.05, 4.69) is 4.90 Å². The van der Waals surface area contributed by atoms with Crippen LogP contribution >= 0.6 is 23.2 Å². The summed E-state index contributed by atoms with van der Waals surface area (Å²) < 4.78 is 26.4. The Bertz CT molecular complexity index is 830. The molecule has 5 nitrogen and oxygen atoms in total. The molecule has 0 atom stereocenters. The molecule has 1 aliphatic heterocycles. The Balaban J connectivity index is 1.63. The first kappa shape index (κ1) is 23.0. The van der Waals surface area contributed by atoms with Crippen molar-refractivity contribution in [2.45, 2.75) is 57.4 Å². The lowest BCUT2D eigenvalue weighted by Crippen LogP contribution is -2.57. The van der Waals surface area contributed by atoms with E-state index in [1.165, 1.54) is 0 Å². The molecule has 2 fully saturated rings. The number of carbonyl (C=O) groups is 1. The Hall–Kier alpha value is -0.660. The van der Waals surface area contributed by atoms with Gasteiger partial charge in [0, 0.05) is 43.7 Å². The van der Waals surface area contributed by atoms with Gasteiger partial charge in [0.05, 0.1) is 15.8 Å². The largest absolute Gasteiger partial charge is 0.295 e. The van der Waals surface area contributed by atoms with Crippen LogP contribution in [0.4, 0.5) is 0 Å². The molecular formula is C21H30Cl2N2O3S. The van der Waals surface area contributed by atoms with Crippen LogP contribution in [0.15, 0.2) is 18.2 Å². The van der Waals surface area contributed by atoms with E-state index in [1.54, 1.807) is 22.5 Å². The molecule has 1 saturated heterocycles. The minimum Gasteiger partial charge on any atom is -0.295 e. The molecule has 1 aliphatic carbocycles. The zero-order valence-electron chi connectivity index (χ0n) is 17.0. The lowest BCUT2D eigenvalue weighted by molar-refractivity contribution is 0.0476. The van der Waals surface area contributed by atoms with Gasteiger partial charge in [0.2, 0.25) is 10.0 Å².